The lowest BCUT2D eigenvalue weighted by Gasteiger charge is -2.24. The number of aryl methyl sites for hydroxylation is 1. The number of hydrogen-bond acceptors (Lipinski definition) is 5. The summed E-state index contributed by atoms with van der Waals surface area (Å²) in [5.41, 5.74) is 4.45. The van der Waals surface area contributed by atoms with Gasteiger partial charge in [-0.25, -0.2) is 9.37 Å². The molecule has 0 unspecified atom stereocenters. The summed E-state index contributed by atoms with van der Waals surface area (Å²) in [6.45, 7) is 5.83. The van der Waals surface area contributed by atoms with Crippen molar-refractivity contribution in [3.8, 4) is 28.2 Å². The fourth-order valence-corrected chi connectivity index (χ4v) is 5.35. The fraction of sp³-hybridized carbons (Fsp3) is 0.229. The Balaban J connectivity index is 1.50. The lowest BCUT2D eigenvalue weighted by atomic mass is 9.94. The second-order valence-electron chi connectivity index (χ2n) is 11.0. The van der Waals surface area contributed by atoms with Crippen molar-refractivity contribution in [2.24, 2.45) is 0 Å². The van der Waals surface area contributed by atoms with Gasteiger partial charge in [0.25, 0.3) is 11.8 Å². The van der Waals surface area contributed by atoms with E-state index in [1.807, 2.05) is 69.3 Å². The third-order valence-corrected chi connectivity index (χ3v) is 7.51. The predicted molar refractivity (Wildman–Crippen MR) is 165 cm³/mol. The van der Waals surface area contributed by atoms with E-state index >= 15 is 0 Å². The molecular weight excluding hydrogens is 545 g/mol. The van der Waals surface area contributed by atoms with Crippen molar-refractivity contribution in [1.82, 2.24) is 10.3 Å². The Kier molecular flexibility index (Phi) is 7.44. The summed E-state index contributed by atoms with van der Waals surface area (Å²) in [4.78, 5) is 33.6. The second kappa shape index (κ2) is 11.4. The number of pyridine rings is 1. The highest BCUT2D eigenvalue weighted by molar-refractivity contribution is 6.12. The molecule has 1 aliphatic rings. The van der Waals surface area contributed by atoms with Gasteiger partial charge >= 0.3 is 0 Å². The summed E-state index contributed by atoms with van der Waals surface area (Å²) >= 11 is 0. The van der Waals surface area contributed by atoms with Gasteiger partial charge in [-0.2, -0.15) is 0 Å². The largest absolute Gasteiger partial charge is 0.490 e. The molecular formula is C35H32FN3O4. The second-order valence-corrected chi connectivity index (χ2v) is 11.0. The smallest absolute Gasteiger partial charge is 0.263 e. The van der Waals surface area contributed by atoms with Gasteiger partial charge in [0.1, 0.15) is 28.7 Å². The topological polar surface area (TPSA) is 84.7 Å². The van der Waals surface area contributed by atoms with Crippen LogP contribution in [0.15, 0.2) is 83.4 Å². The number of carbonyl (C=O) groups is 2. The Hall–Kier alpha value is -4.98. The van der Waals surface area contributed by atoms with E-state index in [1.165, 1.54) is 12.1 Å². The number of hydrogen-bond donors (Lipinski definition) is 1. The number of ether oxygens (including phenoxy) is 1. The van der Waals surface area contributed by atoms with E-state index in [-0.39, 0.29) is 29.8 Å². The zero-order chi connectivity index (χ0) is 30.2. The zero-order valence-corrected chi connectivity index (χ0v) is 24.5. The molecule has 2 heterocycles. The normalized spacial score (nSPS) is 12.9. The maximum Gasteiger partial charge on any atom is 0.263 e. The molecule has 1 aliphatic carbocycles. The zero-order valence-electron chi connectivity index (χ0n) is 24.5. The molecule has 8 heteroatoms. The SMILES string of the molecule is CNC(=O)c1c(-c2ccc(F)cc2)oc2ccc(-c3cc(C(=O)N(c4ccccn4)C4CC4)c(OC(C)C)cc3C)cc12. The molecule has 3 aromatic carbocycles. The Labute approximate surface area is 249 Å². The molecule has 0 radical (unpaired) electrons. The summed E-state index contributed by atoms with van der Waals surface area (Å²) in [5, 5.41) is 3.31. The molecule has 0 aliphatic heterocycles. The number of halogens is 1. The van der Waals surface area contributed by atoms with E-state index in [2.05, 4.69) is 10.3 Å². The average molecular weight is 578 g/mol. The standard InChI is InChI=1S/C35H32FN3O4/c1-20(2)42-30-17-21(3)26(19-28(30)35(41)39(25-13-14-25)31-7-5-6-16-38-31)23-10-15-29-27(18-23)32(34(40)37-4)33(43-29)22-8-11-24(36)12-9-22/h5-12,15-20,25H,13-14H2,1-4H3,(H,37,40). The first-order valence-corrected chi connectivity index (χ1v) is 14.4. The van der Waals surface area contributed by atoms with E-state index in [0.29, 0.717) is 45.0 Å². The number of amides is 2. The minimum Gasteiger partial charge on any atom is -0.490 e. The van der Waals surface area contributed by atoms with Crippen LogP contribution in [0.25, 0.3) is 33.4 Å². The summed E-state index contributed by atoms with van der Waals surface area (Å²) in [5.74, 6) is 0.603. The van der Waals surface area contributed by atoms with Gasteiger partial charge in [0, 0.05) is 30.2 Å². The van der Waals surface area contributed by atoms with Gasteiger partial charge in [-0.05, 0) is 111 Å². The molecule has 2 aromatic heterocycles. The third kappa shape index (κ3) is 5.48. The van der Waals surface area contributed by atoms with Crippen molar-refractivity contribution in [2.75, 3.05) is 11.9 Å². The van der Waals surface area contributed by atoms with Gasteiger partial charge < -0.3 is 14.5 Å². The molecule has 7 nitrogen and oxygen atoms in total. The summed E-state index contributed by atoms with van der Waals surface area (Å²) in [7, 11) is 1.56. The van der Waals surface area contributed by atoms with Crippen LogP contribution in [-0.2, 0) is 0 Å². The van der Waals surface area contributed by atoms with Crippen LogP contribution in [0.2, 0.25) is 0 Å². The third-order valence-electron chi connectivity index (χ3n) is 7.51. The number of furan rings is 1. The van der Waals surface area contributed by atoms with Crippen LogP contribution in [0, 0.1) is 12.7 Å². The van der Waals surface area contributed by atoms with Gasteiger partial charge in [0.2, 0.25) is 0 Å². The first kappa shape index (κ1) is 28.2. The van der Waals surface area contributed by atoms with E-state index < -0.39 is 0 Å². The molecule has 0 atom stereocenters. The molecule has 0 spiro atoms. The number of benzene rings is 3. The molecule has 0 bridgehead atoms. The van der Waals surface area contributed by atoms with Crippen molar-refractivity contribution < 1.29 is 23.1 Å². The van der Waals surface area contributed by atoms with Crippen LogP contribution < -0.4 is 15.0 Å². The van der Waals surface area contributed by atoms with Crippen LogP contribution in [0.5, 0.6) is 5.75 Å². The predicted octanol–water partition coefficient (Wildman–Crippen LogP) is 7.57. The Bertz CT molecular complexity index is 1830. The molecule has 2 amide bonds. The van der Waals surface area contributed by atoms with Gasteiger partial charge in [0.15, 0.2) is 0 Å². The number of carbonyl (C=O) groups excluding carboxylic acids is 2. The summed E-state index contributed by atoms with van der Waals surface area (Å²) in [6, 6.07) is 20.9. The number of rotatable bonds is 8. The minimum atomic E-state index is -0.377. The summed E-state index contributed by atoms with van der Waals surface area (Å²) < 4.78 is 25.9. The van der Waals surface area contributed by atoms with Crippen LogP contribution in [0.4, 0.5) is 10.2 Å². The molecule has 1 fully saturated rings. The highest BCUT2D eigenvalue weighted by Crippen LogP contribution is 2.40. The lowest BCUT2D eigenvalue weighted by Crippen LogP contribution is -2.34. The summed E-state index contributed by atoms with van der Waals surface area (Å²) in [6.07, 6.45) is 3.38. The van der Waals surface area contributed by atoms with E-state index in [1.54, 1.807) is 30.3 Å². The molecule has 0 saturated heterocycles. The maximum absolute atomic E-state index is 14.2. The van der Waals surface area contributed by atoms with Crippen LogP contribution >= 0.6 is 0 Å². The van der Waals surface area contributed by atoms with Crippen LogP contribution in [0.3, 0.4) is 0 Å². The van der Waals surface area contributed by atoms with Crippen LogP contribution in [-0.4, -0.2) is 36.0 Å². The van der Waals surface area contributed by atoms with Crippen LogP contribution in [0.1, 0.15) is 53.0 Å². The van der Waals surface area contributed by atoms with Gasteiger partial charge in [0.05, 0.1) is 17.2 Å². The van der Waals surface area contributed by atoms with Crippen molar-refractivity contribution in [3.63, 3.8) is 0 Å². The van der Waals surface area contributed by atoms with Crippen molar-refractivity contribution in [2.45, 2.75) is 45.8 Å². The number of aromatic nitrogens is 1. The Morgan fingerprint density at radius 1 is 1.02 bits per heavy atom. The molecule has 218 valence electrons. The van der Waals surface area contributed by atoms with E-state index in [0.717, 1.165) is 29.5 Å². The van der Waals surface area contributed by atoms with Gasteiger partial charge in [-0.15, -0.1) is 0 Å². The Morgan fingerprint density at radius 2 is 1.77 bits per heavy atom. The number of nitrogens with one attached hydrogen (secondary N) is 1. The average Bonchev–Trinajstić information content (AvgIpc) is 3.76. The van der Waals surface area contributed by atoms with Crippen molar-refractivity contribution in [1.29, 1.82) is 0 Å². The van der Waals surface area contributed by atoms with Gasteiger partial charge in [-0.3, -0.25) is 14.5 Å². The lowest BCUT2D eigenvalue weighted by molar-refractivity contribution is 0.0960. The maximum atomic E-state index is 14.2. The Morgan fingerprint density at radius 3 is 2.42 bits per heavy atom. The minimum absolute atomic E-state index is 0.0846. The number of nitrogens with zero attached hydrogens (tertiary/aromatic N) is 2. The van der Waals surface area contributed by atoms with Crippen molar-refractivity contribution >= 4 is 28.6 Å². The number of fused-ring (bicyclic) bond motifs is 1. The molecule has 1 N–H and O–H groups in total. The van der Waals surface area contributed by atoms with Crippen molar-refractivity contribution in [3.05, 3.63) is 102 Å². The van der Waals surface area contributed by atoms with Gasteiger partial charge in [-0.1, -0.05) is 12.1 Å². The fourth-order valence-electron chi connectivity index (χ4n) is 5.35. The quantitative estimate of drug-likeness (QED) is 0.206. The molecule has 43 heavy (non-hydrogen) atoms. The first-order chi connectivity index (χ1) is 20.7. The number of anilines is 1. The molecule has 1 saturated carbocycles. The van der Waals surface area contributed by atoms with E-state index in [9.17, 15) is 14.0 Å². The highest BCUT2D eigenvalue weighted by Gasteiger charge is 2.36. The first-order valence-electron chi connectivity index (χ1n) is 14.4. The molecule has 6 rings (SSSR count). The molecule has 5 aromatic rings. The van der Waals surface area contributed by atoms with E-state index in [4.69, 9.17) is 9.15 Å². The highest BCUT2D eigenvalue weighted by atomic mass is 19.1. The monoisotopic (exact) mass is 577 g/mol.